The minimum Gasteiger partial charge on any atom is -0.497 e. The number of aliphatic hydroxyl groups excluding tert-OH is 1. The summed E-state index contributed by atoms with van der Waals surface area (Å²) in [5, 5.41) is 14.5. The molecule has 0 aliphatic carbocycles. The smallest absolute Gasteiger partial charge is 0.261 e. The number of hydrogen-bond donors (Lipinski definition) is 2. The maximum atomic E-state index is 11.7. The molecule has 1 unspecified atom stereocenters. The van der Waals surface area contributed by atoms with Crippen molar-refractivity contribution >= 4 is 17.2 Å². The quantitative estimate of drug-likeness (QED) is 0.881. The van der Waals surface area contributed by atoms with Crippen molar-refractivity contribution in [2.45, 2.75) is 6.10 Å². The number of nitrogens with one attached hydrogen (secondary N) is 1. The molecule has 2 aromatic rings. The molecule has 0 fully saturated rings. The first-order chi connectivity index (χ1) is 9.20. The van der Waals surface area contributed by atoms with E-state index >= 15 is 0 Å². The molecule has 1 aromatic heterocycles. The van der Waals surface area contributed by atoms with Crippen LogP contribution in [0.1, 0.15) is 21.3 Å². The lowest BCUT2D eigenvalue weighted by Gasteiger charge is -2.12. The fraction of sp³-hybridized carbons (Fsp3) is 0.214. The highest BCUT2D eigenvalue weighted by Crippen LogP contribution is 2.17. The minimum absolute atomic E-state index is 0.164. The van der Waals surface area contributed by atoms with Crippen molar-refractivity contribution < 1.29 is 14.6 Å². The number of carbonyl (C=O) groups excluding carboxylic acids is 1. The molecular formula is C14H15NO3S. The summed E-state index contributed by atoms with van der Waals surface area (Å²) in [6, 6.07) is 10.7. The zero-order valence-electron chi connectivity index (χ0n) is 10.5. The van der Waals surface area contributed by atoms with Crippen LogP contribution in [0, 0.1) is 0 Å². The van der Waals surface area contributed by atoms with Gasteiger partial charge < -0.3 is 15.2 Å². The molecule has 0 aliphatic heterocycles. The molecule has 5 heteroatoms. The second kappa shape index (κ2) is 6.36. The molecule has 19 heavy (non-hydrogen) atoms. The van der Waals surface area contributed by atoms with E-state index in [9.17, 15) is 9.90 Å². The fourth-order valence-corrected chi connectivity index (χ4v) is 2.27. The van der Waals surface area contributed by atoms with Gasteiger partial charge in [-0.3, -0.25) is 4.79 Å². The third-order valence-corrected chi connectivity index (χ3v) is 3.57. The van der Waals surface area contributed by atoms with E-state index in [0.717, 1.165) is 11.3 Å². The van der Waals surface area contributed by atoms with E-state index < -0.39 is 6.10 Å². The highest BCUT2D eigenvalue weighted by molar-refractivity contribution is 7.12. The molecule has 1 aromatic carbocycles. The summed E-state index contributed by atoms with van der Waals surface area (Å²) in [4.78, 5) is 12.4. The molecule has 0 saturated heterocycles. The molecule has 4 nitrogen and oxygen atoms in total. The van der Waals surface area contributed by atoms with E-state index in [1.807, 2.05) is 11.4 Å². The fourth-order valence-electron chi connectivity index (χ4n) is 1.63. The van der Waals surface area contributed by atoms with E-state index in [4.69, 9.17) is 4.74 Å². The van der Waals surface area contributed by atoms with Gasteiger partial charge in [-0.25, -0.2) is 0 Å². The highest BCUT2D eigenvalue weighted by atomic mass is 32.1. The summed E-state index contributed by atoms with van der Waals surface area (Å²) in [6.07, 6.45) is -0.727. The predicted octanol–water partition coefficient (Wildman–Crippen LogP) is 2.22. The predicted molar refractivity (Wildman–Crippen MR) is 74.6 cm³/mol. The van der Waals surface area contributed by atoms with Crippen molar-refractivity contribution in [3.05, 3.63) is 52.2 Å². The topological polar surface area (TPSA) is 58.6 Å². The average molecular weight is 277 g/mol. The summed E-state index contributed by atoms with van der Waals surface area (Å²) < 4.78 is 5.05. The Morgan fingerprint density at radius 1 is 1.37 bits per heavy atom. The first-order valence-corrected chi connectivity index (χ1v) is 6.72. The average Bonchev–Trinajstić information content (AvgIpc) is 2.98. The summed E-state index contributed by atoms with van der Waals surface area (Å²) >= 11 is 1.37. The van der Waals surface area contributed by atoms with Gasteiger partial charge in [0.05, 0.1) is 18.1 Å². The van der Waals surface area contributed by atoms with Crippen molar-refractivity contribution in [2.75, 3.05) is 13.7 Å². The Bertz CT molecular complexity index is 522. The number of benzene rings is 1. The number of carbonyl (C=O) groups is 1. The first kappa shape index (κ1) is 13.6. The van der Waals surface area contributed by atoms with Crippen molar-refractivity contribution in [3.63, 3.8) is 0 Å². The largest absolute Gasteiger partial charge is 0.497 e. The second-order valence-electron chi connectivity index (χ2n) is 3.98. The Balaban J connectivity index is 1.90. The van der Waals surface area contributed by atoms with Crippen LogP contribution in [0.25, 0.3) is 0 Å². The van der Waals surface area contributed by atoms with Crippen molar-refractivity contribution in [1.29, 1.82) is 0 Å². The van der Waals surface area contributed by atoms with Crippen LogP contribution in [0.3, 0.4) is 0 Å². The number of hydrogen-bond acceptors (Lipinski definition) is 4. The van der Waals surface area contributed by atoms with Crippen LogP contribution in [0.15, 0.2) is 41.8 Å². The van der Waals surface area contributed by atoms with Gasteiger partial charge in [-0.05, 0) is 29.1 Å². The minimum atomic E-state index is -0.727. The molecule has 2 rings (SSSR count). The first-order valence-electron chi connectivity index (χ1n) is 5.84. The molecule has 1 heterocycles. The summed E-state index contributed by atoms with van der Waals surface area (Å²) in [6.45, 7) is 0.184. The van der Waals surface area contributed by atoms with Gasteiger partial charge in [-0.1, -0.05) is 18.2 Å². The number of ether oxygens (including phenoxy) is 1. The maximum Gasteiger partial charge on any atom is 0.261 e. The standard InChI is InChI=1S/C14H15NO3S/c1-18-11-6-4-10(5-7-11)12(16)9-15-14(17)13-3-2-8-19-13/h2-8,12,16H,9H2,1H3,(H,15,17). The molecule has 0 spiro atoms. The van der Waals surface area contributed by atoms with Gasteiger partial charge >= 0.3 is 0 Å². The van der Waals surface area contributed by atoms with E-state index in [0.29, 0.717) is 4.88 Å². The molecule has 0 aliphatic rings. The third kappa shape index (κ3) is 3.56. The van der Waals surface area contributed by atoms with Crippen LogP contribution in [0.5, 0.6) is 5.75 Å². The van der Waals surface area contributed by atoms with Crippen molar-refractivity contribution in [1.82, 2.24) is 5.32 Å². The Morgan fingerprint density at radius 3 is 2.68 bits per heavy atom. The number of aliphatic hydroxyl groups is 1. The SMILES string of the molecule is COc1ccc(C(O)CNC(=O)c2cccs2)cc1. The van der Waals surface area contributed by atoms with Gasteiger partial charge in [0.25, 0.3) is 5.91 Å². The molecule has 0 saturated carbocycles. The summed E-state index contributed by atoms with van der Waals surface area (Å²) in [7, 11) is 1.59. The van der Waals surface area contributed by atoms with Crippen molar-refractivity contribution in [3.8, 4) is 5.75 Å². The summed E-state index contributed by atoms with van der Waals surface area (Å²) in [5.74, 6) is 0.570. The number of thiophene rings is 1. The third-order valence-electron chi connectivity index (χ3n) is 2.70. The molecule has 1 amide bonds. The van der Waals surface area contributed by atoms with Gasteiger partial charge in [0.2, 0.25) is 0 Å². The Kier molecular flexibility index (Phi) is 4.54. The van der Waals surface area contributed by atoms with E-state index in [2.05, 4.69) is 5.32 Å². The van der Waals surface area contributed by atoms with Gasteiger partial charge in [0.1, 0.15) is 5.75 Å². The lowest BCUT2D eigenvalue weighted by atomic mass is 10.1. The van der Waals surface area contributed by atoms with Crippen LogP contribution in [-0.2, 0) is 0 Å². The van der Waals surface area contributed by atoms with E-state index in [1.165, 1.54) is 11.3 Å². The molecular weight excluding hydrogens is 262 g/mol. The van der Waals surface area contributed by atoms with Crippen LogP contribution >= 0.6 is 11.3 Å². The highest BCUT2D eigenvalue weighted by Gasteiger charge is 2.11. The maximum absolute atomic E-state index is 11.7. The molecule has 0 bridgehead atoms. The zero-order chi connectivity index (χ0) is 13.7. The molecule has 0 radical (unpaired) electrons. The lowest BCUT2D eigenvalue weighted by Crippen LogP contribution is -2.27. The Hall–Kier alpha value is -1.85. The van der Waals surface area contributed by atoms with E-state index in [1.54, 1.807) is 37.4 Å². The van der Waals surface area contributed by atoms with Crippen molar-refractivity contribution in [2.24, 2.45) is 0 Å². The van der Waals surface area contributed by atoms with Crippen LogP contribution in [0.2, 0.25) is 0 Å². The molecule has 2 N–H and O–H groups in total. The van der Waals surface area contributed by atoms with Gasteiger partial charge in [0.15, 0.2) is 0 Å². The molecule has 1 atom stereocenters. The Morgan fingerprint density at radius 2 is 2.11 bits per heavy atom. The normalized spacial score (nSPS) is 11.9. The number of rotatable bonds is 5. The summed E-state index contributed by atoms with van der Waals surface area (Å²) in [5.41, 5.74) is 0.743. The van der Waals surface area contributed by atoms with E-state index in [-0.39, 0.29) is 12.5 Å². The lowest BCUT2D eigenvalue weighted by molar-refractivity contribution is 0.0920. The number of amides is 1. The van der Waals surface area contributed by atoms with Gasteiger partial charge in [0, 0.05) is 6.54 Å². The van der Waals surface area contributed by atoms with Crippen LogP contribution < -0.4 is 10.1 Å². The zero-order valence-corrected chi connectivity index (χ0v) is 11.3. The second-order valence-corrected chi connectivity index (χ2v) is 4.92. The monoisotopic (exact) mass is 277 g/mol. The van der Waals surface area contributed by atoms with Gasteiger partial charge in [-0.2, -0.15) is 0 Å². The Labute approximate surface area is 115 Å². The number of methoxy groups -OCH3 is 1. The van der Waals surface area contributed by atoms with Crippen LogP contribution in [-0.4, -0.2) is 24.7 Å². The molecule has 100 valence electrons. The van der Waals surface area contributed by atoms with Crippen LogP contribution in [0.4, 0.5) is 0 Å². The van der Waals surface area contributed by atoms with Gasteiger partial charge in [-0.15, -0.1) is 11.3 Å².